The molecule has 0 spiro atoms. The van der Waals surface area contributed by atoms with E-state index in [1.54, 1.807) is 7.11 Å². The van der Waals surface area contributed by atoms with Crippen molar-refractivity contribution in [3.8, 4) is 0 Å². The second-order valence-electron chi connectivity index (χ2n) is 5.08. The molecule has 0 radical (unpaired) electrons. The molecule has 0 amide bonds. The van der Waals surface area contributed by atoms with E-state index in [0.717, 1.165) is 38.8 Å². The first-order valence-electron chi connectivity index (χ1n) is 7.44. The van der Waals surface area contributed by atoms with E-state index in [2.05, 4.69) is 35.9 Å². The Morgan fingerprint density at radius 3 is 2.61 bits per heavy atom. The fourth-order valence-electron chi connectivity index (χ4n) is 2.93. The second-order valence-corrected chi connectivity index (χ2v) is 5.08. The van der Waals surface area contributed by atoms with Gasteiger partial charge in [0, 0.05) is 38.8 Å². The Labute approximate surface area is 113 Å². The Bertz CT molecular complexity index is 209. The van der Waals surface area contributed by atoms with Crippen molar-refractivity contribution in [3.63, 3.8) is 0 Å². The summed E-state index contributed by atoms with van der Waals surface area (Å²) >= 11 is 0. The summed E-state index contributed by atoms with van der Waals surface area (Å²) in [7, 11) is 1.80. The number of hydrogen-bond donors (Lipinski definition) is 1. The van der Waals surface area contributed by atoms with Gasteiger partial charge < -0.3 is 10.1 Å². The summed E-state index contributed by atoms with van der Waals surface area (Å²) in [5, 5.41) is 3.45. The van der Waals surface area contributed by atoms with E-state index in [9.17, 15) is 0 Å². The van der Waals surface area contributed by atoms with Gasteiger partial charge in [0.1, 0.15) is 0 Å². The molecule has 4 heteroatoms. The fraction of sp³-hybridized carbons (Fsp3) is 1.00. The van der Waals surface area contributed by atoms with Crippen LogP contribution in [0.5, 0.6) is 0 Å². The summed E-state index contributed by atoms with van der Waals surface area (Å²) in [6.45, 7) is 14.3. The number of rotatable bonds is 9. The van der Waals surface area contributed by atoms with Gasteiger partial charge in [0.2, 0.25) is 0 Å². The van der Waals surface area contributed by atoms with E-state index in [0.29, 0.717) is 6.04 Å². The Morgan fingerprint density at radius 1 is 1.33 bits per heavy atom. The lowest BCUT2D eigenvalue weighted by atomic mass is 10.2. The van der Waals surface area contributed by atoms with Gasteiger partial charge in [-0.2, -0.15) is 0 Å². The van der Waals surface area contributed by atoms with Crippen LogP contribution in [0.15, 0.2) is 0 Å². The van der Waals surface area contributed by atoms with Crippen molar-refractivity contribution in [1.82, 2.24) is 15.1 Å². The predicted molar refractivity (Wildman–Crippen MR) is 77.1 cm³/mol. The summed E-state index contributed by atoms with van der Waals surface area (Å²) < 4.78 is 5.37. The lowest BCUT2D eigenvalue weighted by Crippen LogP contribution is -2.46. The van der Waals surface area contributed by atoms with Crippen molar-refractivity contribution in [2.45, 2.75) is 39.3 Å². The summed E-state index contributed by atoms with van der Waals surface area (Å²) in [5.74, 6) is 0. The fourth-order valence-corrected chi connectivity index (χ4v) is 2.93. The van der Waals surface area contributed by atoms with Crippen LogP contribution in [0, 0.1) is 0 Å². The van der Waals surface area contributed by atoms with Gasteiger partial charge in [0.25, 0.3) is 0 Å². The topological polar surface area (TPSA) is 27.7 Å². The first kappa shape index (κ1) is 15.9. The zero-order chi connectivity index (χ0) is 13.4. The van der Waals surface area contributed by atoms with Crippen molar-refractivity contribution in [3.05, 3.63) is 0 Å². The molecule has 108 valence electrons. The molecular formula is C14H31N3O. The summed E-state index contributed by atoms with van der Waals surface area (Å²) in [5.41, 5.74) is 0. The van der Waals surface area contributed by atoms with Crippen molar-refractivity contribution in [2.24, 2.45) is 0 Å². The second kappa shape index (κ2) is 8.86. The van der Waals surface area contributed by atoms with Crippen LogP contribution in [-0.4, -0.2) is 74.9 Å². The third kappa shape index (κ3) is 4.50. The molecule has 0 aromatic rings. The van der Waals surface area contributed by atoms with Crippen LogP contribution in [0.4, 0.5) is 0 Å². The average molecular weight is 257 g/mol. The lowest BCUT2D eigenvalue weighted by molar-refractivity contribution is 0.0976. The molecule has 2 atom stereocenters. The molecule has 0 aromatic carbocycles. The normalized spacial score (nSPS) is 22.8. The minimum absolute atomic E-state index is 0.524. The van der Waals surface area contributed by atoms with E-state index in [-0.39, 0.29) is 0 Å². The molecule has 0 bridgehead atoms. The van der Waals surface area contributed by atoms with E-state index in [1.807, 2.05) is 0 Å². The number of methoxy groups -OCH3 is 1. The molecule has 2 unspecified atom stereocenters. The van der Waals surface area contributed by atoms with E-state index < -0.39 is 0 Å². The molecule has 1 heterocycles. The third-order valence-corrected chi connectivity index (χ3v) is 4.03. The Morgan fingerprint density at radius 2 is 2.06 bits per heavy atom. The Kier molecular flexibility index (Phi) is 7.82. The number of nitrogens with zero attached hydrogens (tertiary/aromatic N) is 2. The smallest absolute Gasteiger partial charge is 0.0630 e. The van der Waals surface area contributed by atoms with Crippen LogP contribution in [0.2, 0.25) is 0 Å². The maximum Gasteiger partial charge on any atom is 0.0630 e. The number of likely N-dealkylation sites (tertiary alicyclic amines) is 1. The van der Waals surface area contributed by atoms with E-state index in [1.165, 1.54) is 19.5 Å². The van der Waals surface area contributed by atoms with Crippen LogP contribution in [0.3, 0.4) is 0 Å². The van der Waals surface area contributed by atoms with Crippen LogP contribution in [0.25, 0.3) is 0 Å². The molecule has 1 aliphatic heterocycles. The number of likely N-dealkylation sites (N-methyl/N-ethyl adjacent to an activating group) is 2. The number of hydrogen-bond acceptors (Lipinski definition) is 4. The standard InChI is InChI=1S/C14H31N3O/c1-5-15-10-14(12-18-4)17-9-8-13(11-17)16(6-2)7-3/h13-15H,5-12H2,1-4H3. The molecule has 1 saturated heterocycles. The van der Waals surface area contributed by atoms with Gasteiger partial charge in [-0.05, 0) is 26.1 Å². The van der Waals surface area contributed by atoms with Gasteiger partial charge in [-0.15, -0.1) is 0 Å². The zero-order valence-corrected chi connectivity index (χ0v) is 12.6. The zero-order valence-electron chi connectivity index (χ0n) is 12.6. The van der Waals surface area contributed by atoms with Gasteiger partial charge in [-0.25, -0.2) is 0 Å². The molecule has 18 heavy (non-hydrogen) atoms. The molecule has 4 nitrogen and oxygen atoms in total. The predicted octanol–water partition coefficient (Wildman–Crippen LogP) is 1.03. The molecule has 0 aliphatic carbocycles. The largest absolute Gasteiger partial charge is 0.383 e. The van der Waals surface area contributed by atoms with Crippen molar-refractivity contribution < 1.29 is 4.74 Å². The Hall–Kier alpha value is -0.160. The highest BCUT2D eigenvalue weighted by atomic mass is 16.5. The maximum atomic E-state index is 5.37. The molecular weight excluding hydrogens is 226 g/mol. The van der Waals surface area contributed by atoms with Crippen LogP contribution in [-0.2, 0) is 4.74 Å². The van der Waals surface area contributed by atoms with Crippen molar-refractivity contribution >= 4 is 0 Å². The Balaban J connectivity index is 2.45. The van der Waals surface area contributed by atoms with Crippen LogP contribution < -0.4 is 5.32 Å². The van der Waals surface area contributed by atoms with Gasteiger partial charge in [0.15, 0.2) is 0 Å². The SMILES string of the molecule is CCNCC(COC)N1CCC(N(CC)CC)C1. The highest BCUT2D eigenvalue weighted by Crippen LogP contribution is 2.17. The minimum atomic E-state index is 0.524. The molecule has 0 aromatic heterocycles. The van der Waals surface area contributed by atoms with Crippen LogP contribution >= 0.6 is 0 Å². The van der Waals surface area contributed by atoms with E-state index in [4.69, 9.17) is 4.74 Å². The summed E-state index contributed by atoms with van der Waals surface area (Å²) in [6.07, 6.45) is 1.30. The first-order chi connectivity index (χ1) is 8.76. The number of ether oxygens (including phenoxy) is 1. The maximum absolute atomic E-state index is 5.37. The third-order valence-electron chi connectivity index (χ3n) is 4.03. The first-order valence-corrected chi connectivity index (χ1v) is 7.44. The minimum Gasteiger partial charge on any atom is -0.383 e. The van der Waals surface area contributed by atoms with Crippen molar-refractivity contribution in [2.75, 3.05) is 53.0 Å². The van der Waals surface area contributed by atoms with Gasteiger partial charge in [-0.3, -0.25) is 9.80 Å². The van der Waals surface area contributed by atoms with Crippen molar-refractivity contribution in [1.29, 1.82) is 0 Å². The highest BCUT2D eigenvalue weighted by Gasteiger charge is 2.30. The summed E-state index contributed by atoms with van der Waals surface area (Å²) in [6, 6.07) is 1.26. The van der Waals surface area contributed by atoms with Crippen LogP contribution in [0.1, 0.15) is 27.2 Å². The summed E-state index contributed by atoms with van der Waals surface area (Å²) in [4.78, 5) is 5.17. The van der Waals surface area contributed by atoms with E-state index >= 15 is 0 Å². The molecule has 1 rings (SSSR count). The lowest BCUT2D eigenvalue weighted by Gasteiger charge is -2.30. The average Bonchev–Trinajstić information content (AvgIpc) is 2.85. The number of nitrogens with one attached hydrogen (secondary N) is 1. The van der Waals surface area contributed by atoms with Gasteiger partial charge in [-0.1, -0.05) is 20.8 Å². The van der Waals surface area contributed by atoms with Gasteiger partial charge in [0.05, 0.1) is 6.61 Å². The highest BCUT2D eigenvalue weighted by molar-refractivity contribution is 4.87. The van der Waals surface area contributed by atoms with Gasteiger partial charge >= 0.3 is 0 Å². The molecule has 0 saturated carbocycles. The molecule has 1 N–H and O–H groups in total. The monoisotopic (exact) mass is 257 g/mol. The molecule has 1 aliphatic rings. The molecule has 1 fully saturated rings. The quantitative estimate of drug-likeness (QED) is 0.668.